The van der Waals surface area contributed by atoms with E-state index in [0.29, 0.717) is 5.56 Å². The maximum Gasteiger partial charge on any atom is 0.269 e. The molecule has 138 valence electrons. The number of nitro groups is 1. The molecule has 1 atom stereocenters. The molecule has 0 fully saturated rings. The molecule has 0 saturated heterocycles. The average Bonchev–Trinajstić information content (AvgIpc) is 2.59. The molecule has 2 aromatic carbocycles. The summed E-state index contributed by atoms with van der Waals surface area (Å²) in [4.78, 5) is 23.5. The Bertz CT molecular complexity index is 780. The molecule has 0 N–H and O–H groups in total. The van der Waals surface area contributed by atoms with Crippen LogP contribution in [0.2, 0.25) is 18.1 Å². The van der Waals surface area contributed by atoms with Crippen molar-refractivity contribution in [3.63, 3.8) is 0 Å². The summed E-state index contributed by atoms with van der Waals surface area (Å²) >= 11 is 0. The third-order valence-electron chi connectivity index (χ3n) is 4.92. The molecule has 2 aromatic rings. The van der Waals surface area contributed by atoms with E-state index in [-0.39, 0.29) is 16.5 Å². The van der Waals surface area contributed by atoms with Crippen molar-refractivity contribution in [1.29, 1.82) is 0 Å². The highest BCUT2D eigenvalue weighted by Crippen LogP contribution is 2.40. The maximum absolute atomic E-state index is 13.2. The fourth-order valence-electron chi connectivity index (χ4n) is 2.27. The van der Waals surface area contributed by atoms with E-state index in [9.17, 15) is 14.9 Å². The lowest BCUT2D eigenvalue weighted by molar-refractivity contribution is -0.384. The second-order valence-corrected chi connectivity index (χ2v) is 12.6. The number of hydrogen-bond acceptors (Lipinski definition) is 4. The van der Waals surface area contributed by atoms with Gasteiger partial charge in [0, 0.05) is 17.7 Å². The fraction of sp³-hybridized carbons (Fsp3) is 0.350. The van der Waals surface area contributed by atoms with Gasteiger partial charge >= 0.3 is 0 Å². The molecule has 0 amide bonds. The third kappa shape index (κ3) is 4.45. The first-order valence-corrected chi connectivity index (χ1v) is 11.5. The van der Waals surface area contributed by atoms with Crippen LogP contribution in [0, 0.1) is 10.1 Å². The van der Waals surface area contributed by atoms with Crippen LogP contribution in [0.1, 0.15) is 42.8 Å². The number of Topliss-reactive ketones (excluding diaryl/α,β-unsaturated/α-hetero) is 1. The predicted molar refractivity (Wildman–Crippen MR) is 105 cm³/mol. The number of rotatable bonds is 6. The summed E-state index contributed by atoms with van der Waals surface area (Å²) in [6, 6.07) is 15.1. The van der Waals surface area contributed by atoms with E-state index in [4.69, 9.17) is 4.43 Å². The van der Waals surface area contributed by atoms with E-state index in [1.54, 1.807) is 0 Å². The quantitative estimate of drug-likeness (QED) is 0.289. The van der Waals surface area contributed by atoms with Gasteiger partial charge in [-0.1, -0.05) is 51.1 Å². The number of carbonyl (C=O) groups is 1. The Morgan fingerprint density at radius 3 is 2.04 bits per heavy atom. The Kier molecular flexibility index (Phi) is 5.78. The zero-order valence-corrected chi connectivity index (χ0v) is 16.9. The normalized spacial score (nSPS) is 13.3. The number of nitro benzene ring substituents is 1. The summed E-state index contributed by atoms with van der Waals surface area (Å²) in [6.45, 7) is 10.6. The summed E-state index contributed by atoms with van der Waals surface area (Å²) in [5.74, 6) is -0.184. The summed E-state index contributed by atoms with van der Waals surface area (Å²) in [6.07, 6.45) is -0.724. The van der Waals surface area contributed by atoms with E-state index in [0.717, 1.165) is 5.56 Å². The van der Waals surface area contributed by atoms with Crippen molar-refractivity contribution >= 4 is 19.8 Å². The van der Waals surface area contributed by atoms with Crippen molar-refractivity contribution in [2.24, 2.45) is 0 Å². The highest BCUT2D eigenvalue weighted by molar-refractivity contribution is 6.74. The minimum absolute atomic E-state index is 0.0388. The van der Waals surface area contributed by atoms with Crippen LogP contribution in [0.4, 0.5) is 5.69 Å². The van der Waals surface area contributed by atoms with E-state index < -0.39 is 19.3 Å². The predicted octanol–water partition coefficient (Wildman–Crippen LogP) is 5.54. The minimum Gasteiger partial charge on any atom is -0.403 e. The first-order valence-electron chi connectivity index (χ1n) is 8.54. The molecular formula is C20H25NO4Si. The van der Waals surface area contributed by atoms with Crippen LogP contribution in [0.25, 0.3) is 0 Å². The number of nitrogens with zero attached hydrogens (tertiary/aromatic N) is 1. The van der Waals surface area contributed by atoms with E-state index >= 15 is 0 Å². The van der Waals surface area contributed by atoms with Gasteiger partial charge in [0.15, 0.2) is 14.1 Å². The van der Waals surface area contributed by atoms with Crippen molar-refractivity contribution in [1.82, 2.24) is 0 Å². The van der Waals surface area contributed by atoms with Crippen molar-refractivity contribution in [2.45, 2.75) is 45.0 Å². The number of ketones is 1. The first-order chi connectivity index (χ1) is 12.0. The van der Waals surface area contributed by atoms with Gasteiger partial charge in [-0.25, -0.2) is 0 Å². The summed E-state index contributed by atoms with van der Waals surface area (Å²) in [5, 5.41) is 10.8. The molecule has 0 radical (unpaired) electrons. The summed E-state index contributed by atoms with van der Waals surface area (Å²) in [5.41, 5.74) is 1.16. The molecule has 5 nitrogen and oxygen atoms in total. The van der Waals surface area contributed by atoms with Crippen molar-refractivity contribution < 1.29 is 14.1 Å². The third-order valence-corrected chi connectivity index (χ3v) is 9.36. The van der Waals surface area contributed by atoms with Crippen LogP contribution in [0.15, 0.2) is 54.6 Å². The van der Waals surface area contributed by atoms with Gasteiger partial charge < -0.3 is 4.43 Å². The molecule has 2 rings (SSSR count). The van der Waals surface area contributed by atoms with Gasteiger partial charge in [-0.2, -0.15) is 0 Å². The second-order valence-electron chi connectivity index (χ2n) is 7.84. The Morgan fingerprint density at radius 1 is 1.04 bits per heavy atom. The zero-order chi connectivity index (χ0) is 19.5. The van der Waals surface area contributed by atoms with Crippen molar-refractivity contribution in [3.8, 4) is 0 Å². The summed E-state index contributed by atoms with van der Waals surface area (Å²) in [7, 11) is -2.20. The lowest BCUT2D eigenvalue weighted by Crippen LogP contribution is -2.43. The van der Waals surface area contributed by atoms with Crippen LogP contribution in [0.5, 0.6) is 0 Å². The van der Waals surface area contributed by atoms with Crippen LogP contribution in [0.3, 0.4) is 0 Å². The minimum atomic E-state index is -2.20. The monoisotopic (exact) mass is 371 g/mol. The highest BCUT2D eigenvalue weighted by atomic mass is 28.4. The van der Waals surface area contributed by atoms with Crippen molar-refractivity contribution in [3.05, 3.63) is 75.8 Å². The summed E-state index contributed by atoms with van der Waals surface area (Å²) < 4.78 is 6.44. The van der Waals surface area contributed by atoms with Crippen LogP contribution in [-0.4, -0.2) is 19.0 Å². The molecule has 0 aliphatic carbocycles. The standard InChI is InChI=1S/C20H25NO4Si/c1-20(2,3)26(4,5)25-19(16-9-7-6-8-10-16)18(22)15-11-13-17(14-12-15)21(23)24/h6-14,19H,1-5H3. The van der Waals surface area contributed by atoms with Crippen LogP contribution in [-0.2, 0) is 4.43 Å². The van der Waals surface area contributed by atoms with Crippen LogP contribution >= 0.6 is 0 Å². The Balaban J connectivity index is 2.40. The fourth-order valence-corrected chi connectivity index (χ4v) is 3.46. The molecule has 0 heterocycles. The lowest BCUT2D eigenvalue weighted by Gasteiger charge is -2.39. The molecule has 0 aromatic heterocycles. The molecule has 26 heavy (non-hydrogen) atoms. The van der Waals surface area contributed by atoms with Gasteiger partial charge in [-0.3, -0.25) is 14.9 Å². The van der Waals surface area contributed by atoms with Gasteiger partial charge in [0.25, 0.3) is 5.69 Å². The molecule has 0 aliphatic heterocycles. The molecule has 0 spiro atoms. The van der Waals surface area contributed by atoms with E-state index in [2.05, 4.69) is 33.9 Å². The largest absolute Gasteiger partial charge is 0.403 e. The van der Waals surface area contributed by atoms with Crippen molar-refractivity contribution in [2.75, 3.05) is 0 Å². The molecular weight excluding hydrogens is 346 g/mol. The number of non-ortho nitro benzene ring substituents is 1. The van der Waals surface area contributed by atoms with Crippen LogP contribution < -0.4 is 0 Å². The molecule has 0 saturated carbocycles. The topological polar surface area (TPSA) is 69.4 Å². The molecule has 6 heteroatoms. The molecule has 0 aliphatic rings. The van der Waals surface area contributed by atoms with Gasteiger partial charge in [0.1, 0.15) is 6.10 Å². The first kappa shape index (κ1) is 20.0. The Hall–Kier alpha value is -2.31. The van der Waals surface area contributed by atoms with E-state index in [1.165, 1.54) is 24.3 Å². The molecule has 1 unspecified atom stereocenters. The van der Waals surface area contributed by atoms with E-state index in [1.807, 2.05) is 30.3 Å². The van der Waals surface area contributed by atoms with Gasteiger partial charge in [0.2, 0.25) is 0 Å². The average molecular weight is 372 g/mol. The highest BCUT2D eigenvalue weighted by Gasteiger charge is 2.41. The Labute approximate surface area is 155 Å². The number of benzene rings is 2. The van der Waals surface area contributed by atoms with Gasteiger partial charge in [-0.05, 0) is 35.8 Å². The number of hydrogen-bond donors (Lipinski definition) is 0. The van der Waals surface area contributed by atoms with Gasteiger partial charge in [-0.15, -0.1) is 0 Å². The zero-order valence-electron chi connectivity index (χ0n) is 15.9. The second kappa shape index (κ2) is 7.51. The maximum atomic E-state index is 13.2. The lowest BCUT2D eigenvalue weighted by atomic mass is 10.00. The Morgan fingerprint density at radius 2 is 1.58 bits per heavy atom. The van der Waals surface area contributed by atoms with Gasteiger partial charge in [0.05, 0.1) is 4.92 Å². The SMILES string of the molecule is CC(C)(C)[Si](C)(C)OC(C(=O)c1ccc([N+](=O)[O-])cc1)c1ccccc1. The smallest absolute Gasteiger partial charge is 0.269 e. The molecule has 0 bridgehead atoms. The number of carbonyl (C=O) groups excluding carboxylic acids is 1.